The standard InChI is InChI=1S/C45H35Cl5O10/c1-56-36-21-6-23-13-32(42(47)52)15-25(37(23)57-2)8-27-17-34(44(49)54)19-29(39(27)59-4)10-30-20-35(45(50)55)18-28(40(30)60-5)9-26-16-33(43(48)53)14-24(38(26)58-3)7-22(36)12-31(11-21)41(46)51/h11-20H,6-10H2,1-5H3. The van der Waals surface area contributed by atoms with Crippen molar-refractivity contribution >= 4 is 84.2 Å². The van der Waals surface area contributed by atoms with Gasteiger partial charge in [0.05, 0.1) is 35.5 Å². The van der Waals surface area contributed by atoms with Crippen molar-refractivity contribution in [2.45, 2.75) is 32.1 Å². The van der Waals surface area contributed by atoms with Crippen molar-refractivity contribution in [3.05, 3.63) is 144 Å². The van der Waals surface area contributed by atoms with Crippen LogP contribution in [0.25, 0.3) is 0 Å². The lowest BCUT2D eigenvalue weighted by atomic mass is 9.88. The molecule has 1 aliphatic rings. The number of fused-ring (bicyclic) bond motifs is 10. The topological polar surface area (TPSA) is 132 Å². The summed E-state index contributed by atoms with van der Waals surface area (Å²) < 4.78 is 30.1. The molecule has 0 radical (unpaired) electrons. The zero-order chi connectivity index (χ0) is 43.6. The maximum Gasteiger partial charge on any atom is 0.252 e. The van der Waals surface area contributed by atoms with E-state index in [0.717, 1.165) is 0 Å². The minimum atomic E-state index is -0.752. The third-order valence-corrected chi connectivity index (χ3v) is 11.4. The molecule has 0 atom stereocenters. The van der Waals surface area contributed by atoms with E-state index < -0.39 is 26.2 Å². The van der Waals surface area contributed by atoms with Gasteiger partial charge >= 0.3 is 0 Å². The molecule has 5 aromatic rings. The second kappa shape index (κ2) is 18.7. The molecular formula is C45H35Cl5O10. The zero-order valence-corrected chi connectivity index (χ0v) is 36.6. The van der Waals surface area contributed by atoms with Crippen molar-refractivity contribution in [1.29, 1.82) is 0 Å². The normalized spacial score (nSPS) is 12.2. The smallest absolute Gasteiger partial charge is 0.252 e. The van der Waals surface area contributed by atoms with Gasteiger partial charge in [-0.1, -0.05) is 0 Å². The molecule has 0 amide bonds. The molecule has 15 heteroatoms. The second-order valence-corrected chi connectivity index (χ2v) is 15.6. The van der Waals surface area contributed by atoms with Gasteiger partial charge in [-0.25, -0.2) is 0 Å². The summed E-state index contributed by atoms with van der Waals surface area (Å²) in [4.78, 5) is 64.3. The molecule has 0 aliphatic heterocycles. The van der Waals surface area contributed by atoms with Gasteiger partial charge in [0.1, 0.15) is 28.7 Å². The van der Waals surface area contributed by atoms with Gasteiger partial charge in [-0.15, -0.1) is 0 Å². The van der Waals surface area contributed by atoms with Crippen LogP contribution < -0.4 is 23.7 Å². The van der Waals surface area contributed by atoms with Crippen molar-refractivity contribution in [1.82, 2.24) is 0 Å². The maximum absolute atomic E-state index is 12.9. The fourth-order valence-electron chi connectivity index (χ4n) is 7.99. The van der Waals surface area contributed by atoms with Gasteiger partial charge in [0.25, 0.3) is 26.2 Å². The number of hydrogen-bond donors (Lipinski definition) is 0. The number of benzene rings is 5. The number of methoxy groups -OCH3 is 5. The highest BCUT2D eigenvalue weighted by Gasteiger charge is 2.26. The van der Waals surface area contributed by atoms with Crippen LogP contribution >= 0.6 is 58.0 Å². The van der Waals surface area contributed by atoms with E-state index in [-0.39, 0.29) is 59.9 Å². The van der Waals surface area contributed by atoms with Crippen molar-refractivity contribution in [2.24, 2.45) is 0 Å². The molecule has 60 heavy (non-hydrogen) atoms. The molecule has 0 unspecified atom stereocenters. The summed E-state index contributed by atoms with van der Waals surface area (Å²) in [6, 6.07) is 15.8. The zero-order valence-electron chi connectivity index (χ0n) is 32.8. The molecule has 5 aromatic carbocycles. The van der Waals surface area contributed by atoms with Crippen LogP contribution in [0.4, 0.5) is 0 Å². The highest BCUT2D eigenvalue weighted by atomic mass is 35.5. The SMILES string of the molecule is COc1c2cc(C(=O)Cl)cc1Cc1cc(C(=O)Cl)cc(c1OC)Cc1cc(C(=O)Cl)cc(c1OC)Cc1cc(C(=O)Cl)cc(c1OC)Cc1cc(C(=O)Cl)cc(c1OC)C2. The lowest BCUT2D eigenvalue weighted by Crippen LogP contribution is -2.10. The molecule has 0 spiro atoms. The molecule has 0 aromatic heterocycles. The monoisotopic (exact) mass is 910 g/mol. The minimum absolute atomic E-state index is 0.0591. The molecule has 10 bridgehead atoms. The van der Waals surface area contributed by atoms with Crippen LogP contribution in [0.1, 0.15) is 107 Å². The Labute approximate surface area is 370 Å². The first kappa shape index (κ1) is 44.5. The van der Waals surface area contributed by atoms with E-state index in [1.807, 2.05) is 0 Å². The highest BCUT2D eigenvalue weighted by Crippen LogP contribution is 2.41. The first-order valence-electron chi connectivity index (χ1n) is 18.1. The van der Waals surface area contributed by atoms with Gasteiger partial charge in [0, 0.05) is 59.9 Å². The van der Waals surface area contributed by atoms with E-state index in [0.29, 0.717) is 84.4 Å². The Balaban J connectivity index is 1.78. The number of rotatable bonds is 10. The number of ether oxygens (including phenoxy) is 5. The van der Waals surface area contributed by atoms with Gasteiger partial charge in [-0.05, 0) is 174 Å². The summed E-state index contributed by atoms with van der Waals surface area (Å²) in [5, 5.41) is -3.76. The van der Waals surface area contributed by atoms with E-state index in [1.54, 1.807) is 60.7 Å². The number of hydrogen-bond acceptors (Lipinski definition) is 10. The average molecular weight is 913 g/mol. The highest BCUT2D eigenvalue weighted by molar-refractivity contribution is 6.69. The molecule has 10 nitrogen and oxygen atoms in total. The first-order valence-corrected chi connectivity index (χ1v) is 20.0. The number of halogens is 5. The van der Waals surface area contributed by atoms with E-state index in [2.05, 4.69) is 0 Å². The Kier molecular flexibility index (Phi) is 13.8. The summed E-state index contributed by atoms with van der Waals surface area (Å²) in [7, 11) is 7.34. The summed E-state index contributed by atoms with van der Waals surface area (Å²) in [6.45, 7) is 0. The van der Waals surface area contributed by atoms with Gasteiger partial charge in [-0.2, -0.15) is 0 Å². The van der Waals surface area contributed by atoms with E-state index in [9.17, 15) is 24.0 Å². The summed E-state index contributed by atoms with van der Waals surface area (Å²) >= 11 is 30.7. The minimum Gasteiger partial charge on any atom is -0.496 e. The van der Waals surface area contributed by atoms with Crippen LogP contribution in [0.5, 0.6) is 28.7 Å². The average Bonchev–Trinajstić information content (AvgIpc) is 3.19. The van der Waals surface area contributed by atoms with E-state index in [4.69, 9.17) is 81.7 Å². The Hall–Kier alpha value is -5.10. The largest absolute Gasteiger partial charge is 0.496 e. The second-order valence-electron chi connectivity index (χ2n) is 13.9. The predicted molar refractivity (Wildman–Crippen MR) is 230 cm³/mol. The van der Waals surface area contributed by atoms with E-state index in [1.165, 1.54) is 35.5 Å². The van der Waals surface area contributed by atoms with Gasteiger partial charge in [-0.3, -0.25) is 24.0 Å². The lowest BCUT2D eigenvalue weighted by molar-refractivity contribution is 0.107. The molecule has 6 rings (SSSR count). The Morgan fingerprint density at radius 2 is 0.417 bits per heavy atom. The molecule has 0 saturated heterocycles. The maximum atomic E-state index is 12.9. The molecular weight excluding hydrogens is 878 g/mol. The fraction of sp³-hybridized carbons (Fsp3) is 0.222. The van der Waals surface area contributed by atoms with Crippen LogP contribution in [0.3, 0.4) is 0 Å². The van der Waals surface area contributed by atoms with Crippen LogP contribution in [0, 0.1) is 0 Å². The first-order chi connectivity index (χ1) is 28.6. The van der Waals surface area contributed by atoms with Crippen molar-refractivity contribution in [3.63, 3.8) is 0 Å². The third kappa shape index (κ3) is 9.13. The van der Waals surface area contributed by atoms with Gasteiger partial charge < -0.3 is 23.7 Å². The quantitative estimate of drug-likeness (QED) is 0.122. The molecule has 1 aliphatic carbocycles. The third-order valence-electron chi connectivity index (χ3n) is 10.3. The molecule has 0 saturated carbocycles. The van der Waals surface area contributed by atoms with Gasteiger partial charge in [0.2, 0.25) is 0 Å². The molecule has 310 valence electrons. The van der Waals surface area contributed by atoms with Crippen molar-refractivity contribution in [3.8, 4) is 28.7 Å². The predicted octanol–water partition coefficient (Wildman–Crippen LogP) is 9.89. The van der Waals surface area contributed by atoms with E-state index >= 15 is 0 Å². The number of carbonyl (C=O) groups is 5. The lowest BCUT2D eigenvalue weighted by Gasteiger charge is -2.22. The molecule has 0 heterocycles. The van der Waals surface area contributed by atoms with Crippen LogP contribution in [0.2, 0.25) is 0 Å². The Morgan fingerprint density at radius 3 is 0.500 bits per heavy atom. The van der Waals surface area contributed by atoms with Crippen LogP contribution in [-0.2, 0) is 32.1 Å². The van der Waals surface area contributed by atoms with Crippen LogP contribution in [-0.4, -0.2) is 61.8 Å². The van der Waals surface area contributed by atoms with Crippen molar-refractivity contribution in [2.75, 3.05) is 35.5 Å². The Morgan fingerprint density at radius 1 is 0.300 bits per heavy atom. The number of carbonyl (C=O) groups excluding carboxylic acids is 5. The summed E-state index contributed by atoms with van der Waals surface area (Å²) in [5.74, 6) is 1.82. The van der Waals surface area contributed by atoms with Crippen LogP contribution in [0.15, 0.2) is 60.7 Å². The van der Waals surface area contributed by atoms with Gasteiger partial charge in [0.15, 0.2) is 0 Å². The summed E-state index contributed by atoms with van der Waals surface area (Å²) in [5.41, 5.74) is 5.63. The Bertz CT molecular complexity index is 2090. The summed E-state index contributed by atoms with van der Waals surface area (Å²) in [6.07, 6.45) is 0.296. The van der Waals surface area contributed by atoms with Crippen molar-refractivity contribution < 1.29 is 47.7 Å². The molecule has 0 fully saturated rings. The molecule has 0 N–H and O–H groups in total. The fourth-order valence-corrected chi connectivity index (χ4v) is 8.53.